The molecule has 0 radical (unpaired) electrons. The molecule has 4 rings (SSSR count). The molecule has 1 unspecified atom stereocenters. The normalized spacial score (nSPS) is 18.2. The summed E-state index contributed by atoms with van der Waals surface area (Å²) in [4.78, 5) is 11.5. The molecule has 0 amide bonds. The van der Waals surface area contributed by atoms with Gasteiger partial charge in [-0.25, -0.2) is 4.39 Å². The van der Waals surface area contributed by atoms with Crippen molar-refractivity contribution in [1.29, 1.82) is 0 Å². The van der Waals surface area contributed by atoms with Crippen molar-refractivity contribution in [2.75, 3.05) is 0 Å². The summed E-state index contributed by atoms with van der Waals surface area (Å²) >= 11 is 6.00. The Kier molecular flexibility index (Phi) is 5.03. The maximum atomic E-state index is 13.8. The molecular weight excluding hydrogens is 393 g/mol. The number of para-hydroxylation sites is 1. The molecule has 3 N–H and O–H groups in total. The largest absolute Gasteiger partial charge is 0.480 e. The number of hydrogen-bond acceptors (Lipinski definition) is 3. The van der Waals surface area contributed by atoms with Crippen molar-refractivity contribution in [1.82, 2.24) is 0 Å². The summed E-state index contributed by atoms with van der Waals surface area (Å²) in [7, 11) is 0. The van der Waals surface area contributed by atoms with Crippen molar-refractivity contribution in [2.24, 2.45) is 5.73 Å². The molecule has 0 aliphatic heterocycles. The van der Waals surface area contributed by atoms with E-state index in [1.807, 2.05) is 36.4 Å². The molecule has 0 saturated carbocycles. The van der Waals surface area contributed by atoms with E-state index in [0.717, 1.165) is 11.1 Å². The lowest BCUT2D eigenvalue weighted by Crippen LogP contribution is -2.52. The monoisotopic (exact) mass is 411 g/mol. The van der Waals surface area contributed by atoms with Crippen LogP contribution in [0.2, 0.25) is 5.02 Å². The predicted molar refractivity (Wildman–Crippen MR) is 110 cm³/mol. The minimum atomic E-state index is -1.26. The highest BCUT2D eigenvalue weighted by molar-refractivity contribution is 6.30. The molecule has 6 heteroatoms. The molecule has 1 aliphatic rings. The Labute approximate surface area is 172 Å². The molecule has 3 aromatic carbocycles. The second kappa shape index (κ2) is 7.50. The zero-order valence-corrected chi connectivity index (χ0v) is 16.2. The van der Waals surface area contributed by atoms with Gasteiger partial charge in [0, 0.05) is 17.0 Å². The van der Waals surface area contributed by atoms with Gasteiger partial charge in [0.1, 0.15) is 22.9 Å². The van der Waals surface area contributed by atoms with Gasteiger partial charge in [-0.1, -0.05) is 35.9 Å². The maximum absolute atomic E-state index is 13.8. The van der Waals surface area contributed by atoms with E-state index in [-0.39, 0.29) is 6.42 Å². The van der Waals surface area contributed by atoms with Crippen LogP contribution >= 0.6 is 11.6 Å². The number of carbonyl (C=O) groups is 1. The number of carboxylic acids is 1. The summed E-state index contributed by atoms with van der Waals surface area (Å²) in [5.41, 5.74) is 8.04. The SMILES string of the molecule is NC1(C(=O)O)CCc2ccc(Oc3ccccc3-c3cc(F)cc(Cl)c3)cc2C1. The lowest BCUT2D eigenvalue weighted by atomic mass is 9.78. The molecule has 0 saturated heterocycles. The fraction of sp³-hybridized carbons (Fsp3) is 0.174. The van der Waals surface area contributed by atoms with Gasteiger partial charge in [0.15, 0.2) is 0 Å². The van der Waals surface area contributed by atoms with E-state index >= 15 is 0 Å². The number of halogens is 2. The smallest absolute Gasteiger partial charge is 0.324 e. The lowest BCUT2D eigenvalue weighted by molar-refractivity contribution is -0.143. The lowest BCUT2D eigenvalue weighted by Gasteiger charge is -2.31. The number of fused-ring (bicyclic) bond motifs is 1. The third-order valence-electron chi connectivity index (χ3n) is 5.24. The van der Waals surface area contributed by atoms with E-state index in [9.17, 15) is 14.3 Å². The highest BCUT2D eigenvalue weighted by Gasteiger charge is 2.37. The zero-order valence-electron chi connectivity index (χ0n) is 15.5. The Balaban J connectivity index is 1.67. The summed E-state index contributed by atoms with van der Waals surface area (Å²) in [6, 6.07) is 17.2. The summed E-state index contributed by atoms with van der Waals surface area (Å²) in [5.74, 6) is -0.317. The quantitative estimate of drug-likeness (QED) is 0.618. The summed E-state index contributed by atoms with van der Waals surface area (Å²) in [6.45, 7) is 0. The Morgan fingerprint density at radius 2 is 1.90 bits per heavy atom. The van der Waals surface area contributed by atoms with E-state index in [1.54, 1.807) is 12.1 Å². The molecule has 0 heterocycles. The Morgan fingerprint density at radius 3 is 2.66 bits per heavy atom. The van der Waals surface area contributed by atoms with Gasteiger partial charge in [-0.3, -0.25) is 4.79 Å². The van der Waals surface area contributed by atoms with Crippen molar-refractivity contribution in [3.63, 3.8) is 0 Å². The standard InChI is InChI=1S/C23H19ClFNO3/c24-17-9-15(10-18(25)12-17)20-3-1-2-4-21(20)29-19-6-5-14-7-8-23(26,22(27)28)13-16(14)11-19/h1-6,9-12H,7-8,13,26H2,(H,27,28). The fourth-order valence-corrected chi connectivity index (χ4v) is 3.89. The number of ether oxygens (including phenoxy) is 1. The molecular formula is C23H19ClFNO3. The van der Waals surface area contributed by atoms with Gasteiger partial charge in [0.2, 0.25) is 0 Å². The van der Waals surface area contributed by atoms with Crippen LogP contribution in [0.5, 0.6) is 11.5 Å². The Bertz CT molecular complexity index is 1080. The van der Waals surface area contributed by atoms with Crippen LogP contribution in [-0.2, 0) is 17.6 Å². The number of aryl methyl sites for hydroxylation is 1. The van der Waals surface area contributed by atoms with Crippen LogP contribution in [0.3, 0.4) is 0 Å². The second-order valence-corrected chi connectivity index (χ2v) is 7.76. The molecule has 3 aromatic rings. The first-order chi connectivity index (χ1) is 13.8. The van der Waals surface area contributed by atoms with Crippen molar-refractivity contribution in [3.05, 3.63) is 82.6 Å². The minimum Gasteiger partial charge on any atom is -0.480 e. The van der Waals surface area contributed by atoms with Gasteiger partial charge < -0.3 is 15.6 Å². The number of benzene rings is 3. The molecule has 4 nitrogen and oxygen atoms in total. The third-order valence-corrected chi connectivity index (χ3v) is 5.46. The predicted octanol–water partition coefficient (Wildman–Crippen LogP) is 5.21. The summed E-state index contributed by atoms with van der Waals surface area (Å²) < 4.78 is 19.9. The van der Waals surface area contributed by atoms with Crippen LogP contribution < -0.4 is 10.5 Å². The molecule has 0 spiro atoms. The van der Waals surface area contributed by atoms with E-state index < -0.39 is 17.3 Å². The topological polar surface area (TPSA) is 72.6 Å². The van der Waals surface area contributed by atoms with Gasteiger partial charge in [-0.05, 0) is 65.9 Å². The zero-order chi connectivity index (χ0) is 20.6. The van der Waals surface area contributed by atoms with E-state index in [2.05, 4.69) is 0 Å². The molecule has 0 fully saturated rings. The number of carboxylic acid groups (broad SMARTS) is 1. The number of hydrogen-bond donors (Lipinski definition) is 2. The minimum absolute atomic E-state index is 0.246. The highest BCUT2D eigenvalue weighted by atomic mass is 35.5. The van der Waals surface area contributed by atoms with Gasteiger partial charge >= 0.3 is 5.97 Å². The van der Waals surface area contributed by atoms with Crippen LogP contribution in [0.1, 0.15) is 17.5 Å². The number of aliphatic carboxylic acids is 1. The first-order valence-corrected chi connectivity index (χ1v) is 9.59. The average molecular weight is 412 g/mol. The average Bonchev–Trinajstić information content (AvgIpc) is 2.67. The first kappa shape index (κ1) is 19.4. The van der Waals surface area contributed by atoms with E-state index in [0.29, 0.717) is 40.5 Å². The van der Waals surface area contributed by atoms with Crippen molar-refractivity contribution >= 4 is 17.6 Å². The summed E-state index contributed by atoms with van der Waals surface area (Å²) in [5, 5.41) is 9.74. The van der Waals surface area contributed by atoms with Gasteiger partial charge in [0.25, 0.3) is 0 Å². The number of nitrogens with two attached hydrogens (primary N) is 1. The summed E-state index contributed by atoms with van der Waals surface area (Å²) in [6.07, 6.45) is 1.26. The number of rotatable bonds is 4. The van der Waals surface area contributed by atoms with Gasteiger partial charge in [-0.15, -0.1) is 0 Å². The second-order valence-electron chi connectivity index (χ2n) is 7.32. The van der Waals surface area contributed by atoms with E-state index in [4.69, 9.17) is 22.1 Å². The molecule has 1 aliphatic carbocycles. The highest BCUT2D eigenvalue weighted by Crippen LogP contribution is 2.36. The van der Waals surface area contributed by atoms with Crippen molar-refractivity contribution < 1.29 is 19.0 Å². The maximum Gasteiger partial charge on any atom is 0.324 e. The van der Waals surface area contributed by atoms with Crippen LogP contribution in [0, 0.1) is 5.82 Å². The van der Waals surface area contributed by atoms with Gasteiger partial charge in [0.05, 0.1) is 0 Å². The Morgan fingerprint density at radius 1 is 1.10 bits per heavy atom. The molecule has 0 aromatic heterocycles. The van der Waals surface area contributed by atoms with E-state index in [1.165, 1.54) is 12.1 Å². The van der Waals surface area contributed by atoms with Gasteiger partial charge in [-0.2, -0.15) is 0 Å². The van der Waals surface area contributed by atoms with Crippen molar-refractivity contribution in [3.8, 4) is 22.6 Å². The van der Waals surface area contributed by atoms with Crippen LogP contribution in [-0.4, -0.2) is 16.6 Å². The van der Waals surface area contributed by atoms with Crippen LogP contribution in [0.25, 0.3) is 11.1 Å². The van der Waals surface area contributed by atoms with Crippen LogP contribution in [0.4, 0.5) is 4.39 Å². The fourth-order valence-electron chi connectivity index (χ4n) is 3.67. The Hall–Kier alpha value is -2.89. The van der Waals surface area contributed by atoms with Crippen LogP contribution in [0.15, 0.2) is 60.7 Å². The third kappa shape index (κ3) is 3.97. The molecule has 29 heavy (non-hydrogen) atoms. The molecule has 148 valence electrons. The van der Waals surface area contributed by atoms with Crippen molar-refractivity contribution in [2.45, 2.75) is 24.8 Å². The first-order valence-electron chi connectivity index (χ1n) is 9.21. The molecule has 0 bridgehead atoms. The molecule has 1 atom stereocenters.